The number of allylic oxidation sites excluding steroid dienone is 1. The van der Waals surface area contributed by atoms with E-state index in [2.05, 4.69) is 73.7 Å². The summed E-state index contributed by atoms with van der Waals surface area (Å²) in [6.07, 6.45) is 3.24. The Labute approximate surface area is 178 Å². The van der Waals surface area contributed by atoms with Crippen molar-refractivity contribution in [1.29, 1.82) is 0 Å². The Morgan fingerprint density at radius 1 is 0.815 bits per heavy atom. The Bertz CT molecular complexity index is 1180. The van der Waals surface area contributed by atoms with Crippen molar-refractivity contribution in [2.45, 2.75) is 20.3 Å². The fourth-order valence-electron chi connectivity index (χ4n) is 4.01. The summed E-state index contributed by atoms with van der Waals surface area (Å²) in [6, 6.07) is 23.9. The number of hydrogen-bond donors (Lipinski definition) is 0. The van der Waals surface area contributed by atoms with Gasteiger partial charge >= 0.3 is 0 Å². The number of fused-ring (bicyclic) bond motifs is 2. The van der Waals surface area contributed by atoms with Crippen LogP contribution in [0.25, 0.3) is 33.5 Å². The van der Waals surface area contributed by atoms with Gasteiger partial charge < -0.3 is 4.42 Å². The molecule has 4 aromatic rings. The molecule has 0 aliphatic heterocycles. The third-order valence-electron chi connectivity index (χ3n) is 5.34. The molecule has 1 aliphatic carbocycles. The molecule has 0 saturated carbocycles. The number of aryl methyl sites for hydroxylation is 2. The molecule has 27 heavy (non-hydrogen) atoms. The number of rotatable bonds is 2. The van der Waals surface area contributed by atoms with Crippen LogP contribution in [-0.4, -0.2) is 0 Å². The normalized spacial score (nSPS) is 12.6. The van der Waals surface area contributed by atoms with Crippen molar-refractivity contribution in [1.82, 2.24) is 0 Å². The van der Waals surface area contributed by atoms with Gasteiger partial charge in [-0.1, -0.05) is 48.5 Å². The Kier molecular flexibility index (Phi) is 4.78. The molecular formula is C25H20OZr. The van der Waals surface area contributed by atoms with Crippen LogP contribution < -0.4 is 0 Å². The van der Waals surface area contributed by atoms with Crippen LogP contribution >= 0.6 is 0 Å². The number of benzene rings is 3. The van der Waals surface area contributed by atoms with E-state index in [1.165, 1.54) is 44.2 Å². The minimum Gasteiger partial charge on any atom is -0.462 e. The van der Waals surface area contributed by atoms with E-state index in [1.54, 1.807) is 0 Å². The van der Waals surface area contributed by atoms with E-state index in [0.717, 1.165) is 17.9 Å². The fourth-order valence-corrected chi connectivity index (χ4v) is 4.01. The molecule has 0 bridgehead atoms. The monoisotopic (exact) mass is 426 g/mol. The van der Waals surface area contributed by atoms with Crippen LogP contribution in [0.3, 0.4) is 0 Å². The van der Waals surface area contributed by atoms with Crippen LogP contribution in [0.2, 0.25) is 0 Å². The van der Waals surface area contributed by atoms with Gasteiger partial charge in [0, 0.05) is 32.6 Å². The van der Waals surface area contributed by atoms with Gasteiger partial charge in [-0.05, 0) is 82.3 Å². The van der Waals surface area contributed by atoms with Crippen LogP contribution in [-0.2, 0) is 32.6 Å². The molecule has 0 spiro atoms. The minimum atomic E-state index is 0. The van der Waals surface area contributed by atoms with Gasteiger partial charge in [0.05, 0.1) is 0 Å². The van der Waals surface area contributed by atoms with Crippen LogP contribution in [0.5, 0.6) is 0 Å². The zero-order chi connectivity index (χ0) is 17.7. The van der Waals surface area contributed by atoms with E-state index >= 15 is 0 Å². The van der Waals surface area contributed by atoms with Crippen molar-refractivity contribution < 1.29 is 30.6 Å². The molecule has 0 radical (unpaired) electrons. The van der Waals surface area contributed by atoms with E-state index < -0.39 is 0 Å². The molecule has 130 valence electrons. The molecule has 1 heterocycles. The standard InChI is InChI=1S/C25H20O.Zr/c1-16-7-9-20-14-22(24-12-8-17(2)26-24)15-23(20)25(16)21-11-10-18-5-3-4-6-19(18)13-21;/h3-13,15H,14H2,1-2H3;. The van der Waals surface area contributed by atoms with Gasteiger partial charge in [0.25, 0.3) is 0 Å². The average molecular weight is 428 g/mol. The van der Waals surface area contributed by atoms with Gasteiger partial charge in [0.1, 0.15) is 11.5 Å². The molecule has 5 rings (SSSR count). The quantitative estimate of drug-likeness (QED) is 0.342. The van der Waals surface area contributed by atoms with Crippen molar-refractivity contribution in [3.63, 3.8) is 0 Å². The largest absolute Gasteiger partial charge is 0.462 e. The second-order valence-electron chi connectivity index (χ2n) is 7.15. The molecule has 2 heteroatoms. The number of hydrogen-bond acceptors (Lipinski definition) is 1. The SMILES string of the molecule is Cc1ccc(C2=Cc3c(ccc(C)c3-c3ccc4ccccc4c3)C2)o1.[Zr]. The van der Waals surface area contributed by atoms with Crippen LogP contribution in [0.1, 0.15) is 28.2 Å². The summed E-state index contributed by atoms with van der Waals surface area (Å²) in [7, 11) is 0. The summed E-state index contributed by atoms with van der Waals surface area (Å²) in [4.78, 5) is 0. The summed E-state index contributed by atoms with van der Waals surface area (Å²) in [5.41, 5.74) is 7.91. The smallest absolute Gasteiger partial charge is 0.130 e. The van der Waals surface area contributed by atoms with Crippen molar-refractivity contribution in [2.75, 3.05) is 0 Å². The molecular weight excluding hydrogens is 407 g/mol. The summed E-state index contributed by atoms with van der Waals surface area (Å²) in [5, 5.41) is 2.56. The van der Waals surface area contributed by atoms with Gasteiger partial charge in [0.15, 0.2) is 0 Å². The second-order valence-corrected chi connectivity index (χ2v) is 7.15. The first-order chi connectivity index (χ1) is 12.7. The molecule has 1 nitrogen and oxygen atoms in total. The predicted molar refractivity (Wildman–Crippen MR) is 109 cm³/mol. The third kappa shape index (κ3) is 3.17. The topological polar surface area (TPSA) is 13.1 Å². The first kappa shape index (κ1) is 18.2. The van der Waals surface area contributed by atoms with E-state index in [1.807, 2.05) is 13.0 Å². The molecule has 1 aromatic heterocycles. The summed E-state index contributed by atoms with van der Waals surface area (Å²) < 4.78 is 5.86. The van der Waals surface area contributed by atoms with E-state index in [0.29, 0.717) is 0 Å². The molecule has 0 saturated heterocycles. The minimum absolute atomic E-state index is 0. The van der Waals surface area contributed by atoms with Crippen molar-refractivity contribution in [3.05, 3.63) is 94.9 Å². The molecule has 1 aliphatic rings. The Hall–Kier alpha value is -2.18. The summed E-state index contributed by atoms with van der Waals surface area (Å²) >= 11 is 0. The molecule has 0 N–H and O–H groups in total. The molecule has 0 unspecified atom stereocenters. The van der Waals surface area contributed by atoms with Crippen LogP contribution in [0, 0.1) is 13.8 Å². The second kappa shape index (κ2) is 7.09. The Balaban J connectivity index is 0.00000180. The van der Waals surface area contributed by atoms with Gasteiger partial charge in [-0.3, -0.25) is 0 Å². The van der Waals surface area contributed by atoms with E-state index in [9.17, 15) is 0 Å². The Morgan fingerprint density at radius 2 is 1.63 bits per heavy atom. The van der Waals surface area contributed by atoms with Crippen molar-refractivity contribution in [3.8, 4) is 11.1 Å². The molecule has 0 atom stereocenters. The van der Waals surface area contributed by atoms with Gasteiger partial charge in [-0.2, -0.15) is 0 Å². The summed E-state index contributed by atoms with van der Waals surface area (Å²) in [5.74, 6) is 1.95. The average Bonchev–Trinajstić information content (AvgIpc) is 3.27. The first-order valence-corrected chi connectivity index (χ1v) is 9.08. The van der Waals surface area contributed by atoms with Gasteiger partial charge in [-0.25, -0.2) is 0 Å². The van der Waals surface area contributed by atoms with Crippen molar-refractivity contribution >= 4 is 22.4 Å². The maximum Gasteiger partial charge on any atom is 0.130 e. The third-order valence-corrected chi connectivity index (χ3v) is 5.34. The van der Waals surface area contributed by atoms with Crippen LogP contribution in [0.15, 0.2) is 71.1 Å². The maximum absolute atomic E-state index is 5.86. The molecule has 0 amide bonds. The van der Waals surface area contributed by atoms with Gasteiger partial charge in [-0.15, -0.1) is 0 Å². The zero-order valence-corrected chi connectivity index (χ0v) is 18.0. The predicted octanol–water partition coefficient (Wildman–Crippen LogP) is 6.81. The van der Waals surface area contributed by atoms with E-state index in [-0.39, 0.29) is 26.2 Å². The molecule has 0 fully saturated rings. The van der Waals surface area contributed by atoms with Gasteiger partial charge in [0.2, 0.25) is 0 Å². The van der Waals surface area contributed by atoms with Crippen LogP contribution in [0.4, 0.5) is 0 Å². The maximum atomic E-state index is 5.86. The zero-order valence-electron chi connectivity index (χ0n) is 15.5. The van der Waals surface area contributed by atoms with Crippen molar-refractivity contribution in [2.24, 2.45) is 0 Å². The van der Waals surface area contributed by atoms with E-state index in [4.69, 9.17) is 4.42 Å². The summed E-state index contributed by atoms with van der Waals surface area (Å²) in [6.45, 7) is 4.20. The first-order valence-electron chi connectivity index (χ1n) is 9.08. The molecule has 3 aromatic carbocycles. The Morgan fingerprint density at radius 3 is 2.41 bits per heavy atom. The fraction of sp³-hybridized carbons (Fsp3) is 0.120. The number of furan rings is 1.